The van der Waals surface area contributed by atoms with Crippen LogP contribution >= 0.6 is 0 Å². The number of benzene rings is 1. The van der Waals surface area contributed by atoms with Gasteiger partial charge in [-0.3, -0.25) is 4.79 Å². The Balaban J connectivity index is 1.71. The van der Waals surface area contributed by atoms with E-state index in [-0.39, 0.29) is 11.7 Å². The van der Waals surface area contributed by atoms with E-state index in [9.17, 15) is 9.18 Å². The molecule has 6 heteroatoms. The molecule has 0 bridgehead atoms. The van der Waals surface area contributed by atoms with Crippen molar-refractivity contribution >= 4 is 11.9 Å². The van der Waals surface area contributed by atoms with Gasteiger partial charge in [0.1, 0.15) is 11.5 Å². The molecule has 1 aliphatic rings. The Labute approximate surface area is 147 Å². The smallest absolute Gasteiger partial charge is 0.272 e. The van der Waals surface area contributed by atoms with Gasteiger partial charge in [-0.05, 0) is 43.5 Å². The summed E-state index contributed by atoms with van der Waals surface area (Å²) >= 11 is 0. The molecular weight excluding hydrogens is 319 g/mol. The van der Waals surface area contributed by atoms with E-state index in [0.717, 1.165) is 37.2 Å². The standard InChI is InChI=1S/C19H23FN4O/c1-14-12-17(18(25)24-10-4-2-3-5-11-24)23-19(22-14)21-13-15-6-8-16(20)9-7-15/h6-9,12H,2-5,10-11,13H2,1H3,(H,21,22,23). The molecule has 1 aliphatic heterocycles. The van der Waals surface area contributed by atoms with Gasteiger partial charge in [0.05, 0.1) is 0 Å². The maximum Gasteiger partial charge on any atom is 0.272 e. The van der Waals surface area contributed by atoms with Crippen LogP contribution in [-0.4, -0.2) is 33.9 Å². The zero-order chi connectivity index (χ0) is 17.6. The number of aryl methyl sites for hydroxylation is 1. The van der Waals surface area contributed by atoms with Crippen molar-refractivity contribution in [2.24, 2.45) is 0 Å². The van der Waals surface area contributed by atoms with Crippen molar-refractivity contribution in [3.63, 3.8) is 0 Å². The lowest BCUT2D eigenvalue weighted by Gasteiger charge is -2.20. The summed E-state index contributed by atoms with van der Waals surface area (Å²) in [5.74, 6) is 0.126. The van der Waals surface area contributed by atoms with Gasteiger partial charge in [-0.25, -0.2) is 14.4 Å². The molecule has 1 aromatic carbocycles. The monoisotopic (exact) mass is 342 g/mol. The van der Waals surface area contributed by atoms with Crippen LogP contribution in [0.5, 0.6) is 0 Å². The molecular formula is C19H23FN4O. The molecule has 0 unspecified atom stereocenters. The highest BCUT2D eigenvalue weighted by molar-refractivity contribution is 5.92. The fraction of sp³-hybridized carbons (Fsp3) is 0.421. The second-order valence-electron chi connectivity index (χ2n) is 6.40. The van der Waals surface area contributed by atoms with E-state index in [4.69, 9.17) is 0 Å². The summed E-state index contributed by atoms with van der Waals surface area (Å²) in [5, 5.41) is 3.12. The molecule has 1 N–H and O–H groups in total. The van der Waals surface area contributed by atoms with Gasteiger partial charge in [-0.2, -0.15) is 0 Å². The maximum absolute atomic E-state index is 13.0. The molecule has 25 heavy (non-hydrogen) atoms. The second-order valence-corrected chi connectivity index (χ2v) is 6.40. The van der Waals surface area contributed by atoms with Gasteiger partial charge in [-0.15, -0.1) is 0 Å². The maximum atomic E-state index is 13.0. The third kappa shape index (κ3) is 4.75. The van der Waals surface area contributed by atoms with Gasteiger partial charge in [0.2, 0.25) is 5.95 Å². The van der Waals surface area contributed by atoms with Crippen LogP contribution in [0.1, 0.15) is 47.4 Å². The molecule has 1 amide bonds. The quantitative estimate of drug-likeness (QED) is 0.923. The van der Waals surface area contributed by atoms with Crippen molar-refractivity contribution in [3.05, 3.63) is 53.1 Å². The molecule has 2 aromatic rings. The number of amides is 1. The molecule has 0 aliphatic carbocycles. The van der Waals surface area contributed by atoms with E-state index < -0.39 is 0 Å². The predicted octanol–water partition coefficient (Wildman–Crippen LogP) is 3.55. The number of hydrogen-bond acceptors (Lipinski definition) is 4. The first-order valence-electron chi connectivity index (χ1n) is 8.75. The minimum absolute atomic E-state index is 0.0303. The zero-order valence-corrected chi connectivity index (χ0v) is 14.5. The van der Waals surface area contributed by atoms with E-state index in [2.05, 4.69) is 15.3 Å². The molecule has 0 radical (unpaired) electrons. The number of aromatic nitrogens is 2. The number of carbonyl (C=O) groups excluding carboxylic acids is 1. The summed E-state index contributed by atoms with van der Waals surface area (Å²) in [5.41, 5.74) is 2.10. The predicted molar refractivity (Wildman–Crippen MR) is 94.9 cm³/mol. The first kappa shape index (κ1) is 17.3. The van der Waals surface area contributed by atoms with Gasteiger partial charge in [-0.1, -0.05) is 25.0 Å². The average molecular weight is 342 g/mol. The second kappa shape index (κ2) is 8.05. The summed E-state index contributed by atoms with van der Waals surface area (Å²) in [4.78, 5) is 23.4. The largest absolute Gasteiger partial charge is 0.350 e. The molecule has 2 heterocycles. The first-order chi connectivity index (χ1) is 12.1. The van der Waals surface area contributed by atoms with Crippen LogP contribution in [0, 0.1) is 12.7 Å². The molecule has 5 nitrogen and oxygen atoms in total. The lowest BCUT2D eigenvalue weighted by atomic mass is 10.2. The number of rotatable bonds is 4. The Kier molecular flexibility index (Phi) is 5.58. The van der Waals surface area contributed by atoms with Crippen LogP contribution in [0.4, 0.5) is 10.3 Å². The summed E-state index contributed by atoms with van der Waals surface area (Å²) in [6, 6.07) is 7.99. The summed E-state index contributed by atoms with van der Waals surface area (Å²) < 4.78 is 13.0. The highest BCUT2D eigenvalue weighted by atomic mass is 19.1. The first-order valence-corrected chi connectivity index (χ1v) is 8.75. The highest BCUT2D eigenvalue weighted by Crippen LogP contribution is 2.14. The molecule has 1 fully saturated rings. The van der Waals surface area contributed by atoms with E-state index in [1.165, 1.54) is 25.0 Å². The van der Waals surface area contributed by atoms with E-state index in [1.807, 2.05) is 11.8 Å². The molecule has 0 saturated carbocycles. The Hall–Kier alpha value is -2.50. The van der Waals surface area contributed by atoms with Gasteiger partial charge in [0.15, 0.2) is 0 Å². The van der Waals surface area contributed by atoms with Gasteiger partial charge in [0, 0.05) is 25.3 Å². The fourth-order valence-corrected chi connectivity index (χ4v) is 2.98. The molecule has 132 valence electrons. The number of anilines is 1. The SMILES string of the molecule is Cc1cc(C(=O)N2CCCCCC2)nc(NCc2ccc(F)cc2)n1. The van der Waals surface area contributed by atoms with Gasteiger partial charge in [0.25, 0.3) is 5.91 Å². The Morgan fingerprint density at radius 1 is 1.12 bits per heavy atom. The van der Waals surface area contributed by atoms with Crippen molar-refractivity contribution in [2.45, 2.75) is 39.2 Å². The summed E-state index contributed by atoms with van der Waals surface area (Å²) in [7, 11) is 0. The minimum atomic E-state index is -0.263. The molecule has 0 atom stereocenters. The normalized spacial score (nSPS) is 14.9. The number of halogens is 1. The Morgan fingerprint density at radius 3 is 2.48 bits per heavy atom. The third-order valence-electron chi connectivity index (χ3n) is 4.33. The average Bonchev–Trinajstić information content (AvgIpc) is 2.89. The molecule has 1 aromatic heterocycles. The molecule has 0 spiro atoms. The Morgan fingerprint density at radius 2 is 1.80 bits per heavy atom. The van der Waals surface area contributed by atoms with E-state index >= 15 is 0 Å². The lowest BCUT2D eigenvalue weighted by molar-refractivity contribution is 0.0755. The molecule has 3 rings (SSSR count). The highest BCUT2D eigenvalue weighted by Gasteiger charge is 2.19. The van der Waals surface area contributed by atoms with Crippen molar-refractivity contribution in [2.75, 3.05) is 18.4 Å². The fourth-order valence-electron chi connectivity index (χ4n) is 2.98. The molecule has 1 saturated heterocycles. The van der Waals surface area contributed by atoms with Gasteiger partial charge >= 0.3 is 0 Å². The van der Waals surface area contributed by atoms with Crippen LogP contribution in [0.3, 0.4) is 0 Å². The van der Waals surface area contributed by atoms with Crippen LogP contribution in [0.2, 0.25) is 0 Å². The number of nitrogens with one attached hydrogen (secondary N) is 1. The number of hydrogen-bond donors (Lipinski definition) is 1. The number of carbonyl (C=O) groups is 1. The van der Waals surface area contributed by atoms with Crippen molar-refractivity contribution in [1.29, 1.82) is 0 Å². The van der Waals surface area contributed by atoms with E-state index in [0.29, 0.717) is 18.2 Å². The lowest BCUT2D eigenvalue weighted by Crippen LogP contribution is -2.32. The number of likely N-dealkylation sites (tertiary alicyclic amines) is 1. The third-order valence-corrected chi connectivity index (χ3v) is 4.33. The summed E-state index contributed by atoms with van der Waals surface area (Å²) in [6.45, 7) is 3.91. The Bertz CT molecular complexity index is 725. The van der Waals surface area contributed by atoms with Crippen molar-refractivity contribution in [1.82, 2.24) is 14.9 Å². The van der Waals surface area contributed by atoms with Crippen LogP contribution in [0.15, 0.2) is 30.3 Å². The van der Waals surface area contributed by atoms with Crippen LogP contribution < -0.4 is 5.32 Å². The minimum Gasteiger partial charge on any atom is -0.350 e. The zero-order valence-electron chi connectivity index (χ0n) is 14.5. The van der Waals surface area contributed by atoms with Crippen molar-refractivity contribution < 1.29 is 9.18 Å². The number of nitrogens with zero attached hydrogens (tertiary/aromatic N) is 3. The van der Waals surface area contributed by atoms with E-state index in [1.54, 1.807) is 18.2 Å². The van der Waals surface area contributed by atoms with Gasteiger partial charge < -0.3 is 10.2 Å². The topological polar surface area (TPSA) is 58.1 Å². The van der Waals surface area contributed by atoms with Crippen LogP contribution in [0.25, 0.3) is 0 Å². The van der Waals surface area contributed by atoms with Crippen LogP contribution in [-0.2, 0) is 6.54 Å². The summed E-state index contributed by atoms with van der Waals surface area (Å²) in [6.07, 6.45) is 4.45. The van der Waals surface area contributed by atoms with Crippen molar-refractivity contribution in [3.8, 4) is 0 Å².